The average molecular weight is 362 g/mol. The summed E-state index contributed by atoms with van der Waals surface area (Å²) < 4.78 is 24.8. The summed E-state index contributed by atoms with van der Waals surface area (Å²) >= 11 is 0. The fraction of sp³-hybridized carbons (Fsp3) is 0.579. The number of hydrogen-bond acceptors (Lipinski definition) is 4. The van der Waals surface area contributed by atoms with Crippen LogP contribution in [0.1, 0.15) is 30.4 Å². The molecule has 1 aliphatic rings. The number of methoxy groups -OCH3 is 1. The lowest BCUT2D eigenvalue weighted by Crippen LogP contribution is -2.46. The smallest absolute Gasteiger partial charge is 0.193 e. The zero-order valence-electron chi connectivity index (χ0n) is 15.5. The summed E-state index contributed by atoms with van der Waals surface area (Å²) in [5, 5.41) is 12.1. The highest BCUT2D eigenvalue weighted by Crippen LogP contribution is 2.15. The SMILES string of the molecule is CN=C(NCc1cc(C#N)ccc1F)N1CCC(OCCCOC)CC1. The quantitative estimate of drug-likeness (QED) is 0.458. The van der Waals surface area contributed by atoms with Gasteiger partial charge in [-0.2, -0.15) is 5.26 Å². The Morgan fingerprint density at radius 1 is 1.38 bits per heavy atom. The third kappa shape index (κ3) is 5.97. The van der Waals surface area contributed by atoms with Gasteiger partial charge in [-0.1, -0.05) is 0 Å². The van der Waals surface area contributed by atoms with Crippen molar-refractivity contribution in [3.05, 3.63) is 35.1 Å². The molecule has 26 heavy (non-hydrogen) atoms. The summed E-state index contributed by atoms with van der Waals surface area (Å²) in [5.41, 5.74) is 0.909. The zero-order chi connectivity index (χ0) is 18.8. The summed E-state index contributed by atoms with van der Waals surface area (Å²) in [7, 11) is 3.41. The first-order chi connectivity index (χ1) is 12.7. The predicted octanol–water partition coefficient (Wildman–Crippen LogP) is 2.29. The standard InChI is InChI=1S/C19H27FN4O2/c1-22-19(23-14-16-12-15(13-21)4-5-18(16)20)24-8-6-17(7-9-24)26-11-3-10-25-2/h4-5,12,17H,3,6-11,14H2,1-2H3,(H,22,23). The summed E-state index contributed by atoms with van der Waals surface area (Å²) in [6.45, 7) is 3.42. The second-order valence-electron chi connectivity index (χ2n) is 6.22. The monoisotopic (exact) mass is 362 g/mol. The number of benzene rings is 1. The number of nitrogens with one attached hydrogen (secondary N) is 1. The molecule has 1 aliphatic heterocycles. The van der Waals surface area contributed by atoms with E-state index in [4.69, 9.17) is 14.7 Å². The van der Waals surface area contributed by atoms with Gasteiger partial charge in [-0.05, 0) is 37.5 Å². The van der Waals surface area contributed by atoms with Crippen molar-refractivity contribution >= 4 is 5.96 Å². The van der Waals surface area contributed by atoms with E-state index < -0.39 is 0 Å². The number of nitriles is 1. The fourth-order valence-electron chi connectivity index (χ4n) is 2.97. The predicted molar refractivity (Wildman–Crippen MR) is 98.4 cm³/mol. The topological polar surface area (TPSA) is 69.9 Å². The van der Waals surface area contributed by atoms with Gasteiger partial charge in [-0.15, -0.1) is 0 Å². The van der Waals surface area contributed by atoms with Crippen LogP contribution in [0.4, 0.5) is 4.39 Å². The third-order valence-electron chi connectivity index (χ3n) is 4.41. The van der Waals surface area contributed by atoms with E-state index in [1.54, 1.807) is 20.2 Å². The van der Waals surface area contributed by atoms with Crippen LogP contribution in [0.3, 0.4) is 0 Å². The van der Waals surface area contributed by atoms with E-state index in [0.29, 0.717) is 17.7 Å². The van der Waals surface area contributed by atoms with Crippen molar-refractivity contribution < 1.29 is 13.9 Å². The van der Waals surface area contributed by atoms with Crippen LogP contribution in [0.5, 0.6) is 0 Å². The van der Waals surface area contributed by atoms with Crippen molar-refractivity contribution in [2.24, 2.45) is 4.99 Å². The molecule has 1 aromatic carbocycles. The molecule has 0 aliphatic carbocycles. The molecule has 142 valence electrons. The van der Waals surface area contributed by atoms with Gasteiger partial charge in [0.25, 0.3) is 0 Å². The molecular weight excluding hydrogens is 335 g/mol. The zero-order valence-corrected chi connectivity index (χ0v) is 15.5. The van der Waals surface area contributed by atoms with Gasteiger partial charge in [0.15, 0.2) is 5.96 Å². The van der Waals surface area contributed by atoms with Gasteiger partial charge in [0.05, 0.1) is 17.7 Å². The largest absolute Gasteiger partial charge is 0.385 e. The van der Waals surface area contributed by atoms with Gasteiger partial charge in [-0.25, -0.2) is 4.39 Å². The highest BCUT2D eigenvalue weighted by atomic mass is 19.1. The van der Waals surface area contributed by atoms with E-state index in [-0.39, 0.29) is 11.9 Å². The normalized spacial score (nSPS) is 15.8. The number of piperidine rings is 1. The molecule has 1 aromatic rings. The number of hydrogen-bond donors (Lipinski definition) is 1. The molecule has 0 bridgehead atoms. The van der Waals surface area contributed by atoms with Crippen LogP contribution in [0.15, 0.2) is 23.2 Å². The Balaban J connectivity index is 1.80. The molecule has 6 nitrogen and oxygen atoms in total. The summed E-state index contributed by atoms with van der Waals surface area (Å²) in [4.78, 5) is 6.45. The van der Waals surface area contributed by atoms with E-state index in [9.17, 15) is 4.39 Å². The highest BCUT2D eigenvalue weighted by molar-refractivity contribution is 5.80. The van der Waals surface area contributed by atoms with Gasteiger partial charge in [0.1, 0.15) is 5.82 Å². The minimum absolute atomic E-state index is 0.269. The summed E-state index contributed by atoms with van der Waals surface area (Å²) in [6, 6.07) is 6.40. The first-order valence-electron chi connectivity index (χ1n) is 8.92. The minimum Gasteiger partial charge on any atom is -0.385 e. The van der Waals surface area contributed by atoms with Crippen molar-refractivity contribution in [1.29, 1.82) is 5.26 Å². The molecule has 1 N–H and O–H groups in total. The molecule has 0 radical (unpaired) electrons. The Hall–Kier alpha value is -2.17. The van der Waals surface area contributed by atoms with Gasteiger partial charge in [0, 0.05) is 52.6 Å². The maximum Gasteiger partial charge on any atom is 0.193 e. The van der Waals surface area contributed by atoms with Gasteiger partial charge < -0.3 is 19.7 Å². The van der Waals surface area contributed by atoms with Crippen molar-refractivity contribution in [3.8, 4) is 6.07 Å². The Morgan fingerprint density at radius 3 is 2.81 bits per heavy atom. The van der Waals surface area contributed by atoms with E-state index in [1.807, 2.05) is 6.07 Å². The third-order valence-corrected chi connectivity index (χ3v) is 4.41. The van der Waals surface area contributed by atoms with Crippen LogP contribution in [0, 0.1) is 17.1 Å². The van der Waals surface area contributed by atoms with Crippen molar-refractivity contribution in [3.63, 3.8) is 0 Å². The van der Waals surface area contributed by atoms with Crippen LogP contribution in [0.2, 0.25) is 0 Å². The van der Waals surface area contributed by atoms with E-state index >= 15 is 0 Å². The lowest BCUT2D eigenvalue weighted by molar-refractivity contribution is 0.00989. The van der Waals surface area contributed by atoms with Crippen molar-refractivity contribution in [2.45, 2.75) is 31.9 Å². The highest BCUT2D eigenvalue weighted by Gasteiger charge is 2.22. The lowest BCUT2D eigenvalue weighted by atomic mass is 10.1. The number of likely N-dealkylation sites (tertiary alicyclic amines) is 1. The fourth-order valence-corrected chi connectivity index (χ4v) is 2.97. The molecule has 0 amide bonds. The summed E-state index contributed by atoms with van der Waals surface area (Å²) in [6.07, 6.45) is 3.05. The number of rotatable bonds is 7. The number of ether oxygens (including phenoxy) is 2. The van der Waals surface area contributed by atoms with Crippen molar-refractivity contribution in [2.75, 3.05) is 40.5 Å². The number of nitrogens with zero attached hydrogens (tertiary/aromatic N) is 3. The number of guanidine groups is 1. The Bertz CT molecular complexity index is 637. The minimum atomic E-state index is -0.324. The number of halogens is 1. The van der Waals surface area contributed by atoms with E-state index in [0.717, 1.165) is 51.5 Å². The molecule has 0 aromatic heterocycles. The van der Waals surface area contributed by atoms with Gasteiger partial charge in [0.2, 0.25) is 0 Å². The molecule has 7 heteroatoms. The van der Waals surface area contributed by atoms with Crippen LogP contribution in [0.25, 0.3) is 0 Å². The molecule has 1 fully saturated rings. The molecule has 0 saturated carbocycles. The van der Waals surface area contributed by atoms with Crippen LogP contribution < -0.4 is 5.32 Å². The van der Waals surface area contributed by atoms with Crippen LogP contribution in [-0.2, 0) is 16.0 Å². The molecule has 0 atom stereocenters. The number of aliphatic imine (C=N–C) groups is 1. The molecule has 2 rings (SSSR count). The maximum atomic E-state index is 13.9. The summed E-state index contributed by atoms with van der Waals surface area (Å²) in [5.74, 6) is 0.416. The second kappa shape index (κ2) is 10.7. The van der Waals surface area contributed by atoms with Crippen LogP contribution >= 0.6 is 0 Å². The molecular formula is C19H27FN4O2. The maximum absolute atomic E-state index is 13.9. The second-order valence-corrected chi connectivity index (χ2v) is 6.22. The molecule has 0 spiro atoms. The van der Waals surface area contributed by atoms with E-state index in [2.05, 4.69) is 15.2 Å². The van der Waals surface area contributed by atoms with Crippen LogP contribution in [-0.4, -0.2) is 57.4 Å². The molecule has 1 heterocycles. The Morgan fingerprint density at radius 2 is 2.15 bits per heavy atom. The molecule has 0 unspecified atom stereocenters. The Labute approximate surface area is 154 Å². The van der Waals surface area contributed by atoms with Gasteiger partial charge in [-0.3, -0.25) is 4.99 Å². The first kappa shape index (κ1) is 20.1. The van der Waals surface area contributed by atoms with Crippen molar-refractivity contribution in [1.82, 2.24) is 10.2 Å². The van der Waals surface area contributed by atoms with E-state index in [1.165, 1.54) is 12.1 Å². The first-order valence-corrected chi connectivity index (χ1v) is 8.92. The Kier molecular flexibility index (Phi) is 8.32. The average Bonchev–Trinajstić information content (AvgIpc) is 2.68. The van der Waals surface area contributed by atoms with Gasteiger partial charge >= 0.3 is 0 Å². The lowest BCUT2D eigenvalue weighted by Gasteiger charge is -2.34. The molecule has 1 saturated heterocycles.